The second kappa shape index (κ2) is 7.72. The lowest BCUT2D eigenvalue weighted by Crippen LogP contribution is -2.49. The van der Waals surface area contributed by atoms with Crippen LogP contribution < -0.4 is 11.1 Å². The molecule has 4 N–H and O–H groups in total. The molecule has 0 radical (unpaired) electrons. The maximum atomic E-state index is 12.5. The van der Waals surface area contributed by atoms with Gasteiger partial charge in [-0.15, -0.1) is 12.4 Å². The highest BCUT2D eigenvalue weighted by atomic mass is 35.5. The van der Waals surface area contributed by atoms with E-state index in [4.69, 9.17) is 5.73 Å². The third kappa shape index (κ3) is 3.86. The largest absolute Gasteiger partial charge is 0.361 e. The Bertz CT molecular complexity index is 856. The zero-order valence-electron chi connectivity index (χ0n) is 14.5. The first-order chi connectivity index (χ1) is 11.5. The number of fused-ring (bicyclic) bond motifs is 1. The molecule has 1 aromatic heterocycles. The summed E-state index contributed by atoms with van der Waals surface area (Å²) in [5.41, 5.74) is 9.60. The van der Waals surface area contributed by atoms with E-state index >= 15 is 0 Å². The van der Waals surface area contributed by atoms with Gasteiger partial charge in [0.05, 0.1) is 0 Å². The number of hydrogen-bond donors (Lipinski definition) is 3. The van der Waals surface area contributed by atoms with Crippen molar-refractivity contribution in [1.82, 2.24) is 10.3 Å². The predicted octanol–water partition coefficient (Wildman–Crippen LogP) is 3.43. The van der Waals surface area contributed by atoms with Gasteiger partial charge in [0.1, 0.15) is 5.54 Å². The number of nitrogens with one attached hydrogen (secondary N) is 2. The Morgan fingerprint density at radius 3 is 2.60 bits per heavy atom. The van der Waals surface area contributed by atoms with Gasteiger partial charge in [-0.05, 0) is 43.0 Å². The lowest BCUT2D eigenvalue weighted by Gasteiger charge is -2.24. The highest BCUT2D eigenvalue weighted by molar-refractivity contribution is 5.88. The van der Waals surface area contributed by atoms with Gasteiger partial charge in [0.15, 0.2) is 0 Å². The molecule has 3 rings (SSSR count). The molecule has 1 unspecified atom stereocenters. The van der Waals surface area contributed by atoms with E-state index in [1.807, 2.05) is 42.6 Å². The summed E-state index contributed by atoms with van der Waals surface area (Å²) >= 11 is 0. The lowest BCUT2D eigenvalue weighted by atomic mass is 9.92. The number of benzene rings is 2. The molecule has 0 bridgehead atoms. The summed E-state index contributed by atoms with van der Waals surface area (Å²) in [4.78, 5) is 15.8. The number of hydrogen-bond acceptors (Lipinski definition) is 2. The number of carbonyl (C=O) groups excluding carboxylic acids is 1. The van der Waals surface area contributed by atoms with Gasteiger partial charge >= 0.3 is 0 Å². The minimum absolute atomic E-state index is 0. The fourth-order valence-corrected chi connectivity index (χ4v) is 3.06. The predicted molar refractivity (Wildman–Crippen MR) is 105 cm³/mol. The fourth-order valence-electron chi connectivity index (χ4n) is 3.06. The van der Waals surface area contributed by atoms with Crippen LogP contribution in [0.4, 0.5) is 0 Å². The molecule has 3 aromatic rings. The number of amides is 1. The number of halogens is 1. The van der Waals surface area contributed by atoms with Crippen molar-refractivity contribution < 1.29 is 4.79 Å². The Hall–Kier alpha value is -2.30. The lowest BCUT2D eigenvalue weighted by molar-refractivity contribution is -0.126. The molecule has 4 nitrogen and oxygen atoms in total. The molecule has 132 valence electrons. The van der Waals surface area contributed by atoms with Gasteiger partial charge in [-0.1, -0.05) is 42.5 Å². The van der Waals surface area contributed by atoms with Crippen LogP contribution in [-0.4, -0.2) is 17.4 Å². The van der Waals surface area contributed by atoms with E-state index in [2.05, 4.69) is 29.4 Å². The third-order valence-corrected chi connectivity index (χ3v) is 4.52. The molecule has 2 aromatic carbocycles. The summed E-state index contributed by atoms with van der Waals surface area (Å²) < 4.78 is 0. The van der Waals surface area contributed by atoms with E-state index in [1.54, 1.807) is 6.92 Å². The molecule has 1 atom stereocenters. The van der Waals surface area contributed by atoms with E-state index in [1.165, 1.54) is 16.5 Å². The molecule has 0 saturated carbocycles. The van der Waals surface area contributed by atoms with Crippen LogP contribution in [0, 0.1) is 6.92 Å². The van der Waals surface area contributed by atoms with E-state index in [0.29, 0.717) is 6.54 Å². The van der Waals surface area contributed by atoms with Gasteiger partial charge in [-0.2, -0.15) is 0 Å². The van der Waals surface area contributed by atoms with Crippen LogP contribution in [0.25, 0.3) is 10.9 Å². The maximum Gasteiger partial charge on any atom is 0.244 e. The zero-order chi connectivity index (χ0) is 17.2. The molecule has 0 aliphatic rings. The minimum atomic E-state index is -1.03. The average molecular weight is 358 g/mol. The highest BCUT2D eigenvalue weighted by Gasteiger charge is 2.29. The van der Waals surface area contributed by atoms with Gasteiger partial charge in [0.2, 0.25) is 5.91 Å². The highest BCUT2D eigenvalue weighted by Crippen LogP contribution is 2.22. The Labute approximate surface area is 154 Å². The normalized spacial score (nSPS) is 13.1. The van der Waals surface area contributed by atoms with Gasteiger partial charge in [-0.3, -0.25) is 4.79 Å². The molecule has 0 aliphatic heterocycles. The van der Waals surface area contributed by atoms with E-state index in [0.717, 1.165) is 17.5 Å². The van der Waals surface area contributed by atoms with Crippen LogP contribution in [0.15, 0.2) is 54.7 Å². The van der Waals surface area contributed by atoms with Gasteiger partial charge in [0.25, 0.3) is 0 Å². The van der Waals surface area contributed by atoms with Crippen LogP contribution in [0.2, 0.25) is 0 Å². The van der Waals surface area contributed by atoms with Crippen LogP contribution in [0.3, 0.4) is 0 Å². The molecule has 0 fully saturated rings. The van der Waals surface area contributed by atoms with Crippen molar-refractivity contribution >= 4 is 29.2 Å². The van der Waals surface area contributed by atoms with Crippen molar-refractivity contribution in [3.8, 4) is 0 Å². The molecule has 0 spiro atoms. The summed E-state index contributed by atoms with van der Waals surface area (Å²) in [6.07, 6.45) is 2.78. The molecule has 5 heteroatoms. The van der Waals surface area contributed by atoms with Crippen LogP contribution in [0.5, 0.6) is 0 Å². The summed E-state index contributed by atoms with van der Waals surface area (Å²) in [7, 11) is 0. The molecular formula is C20H24ClN3O. The SMILES string of the molecule is Cc1cccc2[nH]cc(CCNC(=O)C(C)(N)c3ccccc3)c12.Cl. The maximum absolute atomic E-state index is 12.5. The number of rotatable bonds is 5. The number of carbonyl (C=O) groups is 1. The van der Waals surface area contributed by atoms with E-state index < -0.39 is 5.54 Å². The Kier molecular flexibility index (Phi) is 5.88. The Balaban J connectivity index is 0.00000225. The summed E-state index contributed by atoms with van der Waals surface area (Å²) in [6.45, 7) is 4.40. The number of H-pyrrole nitrogens is 1. The van der Waals surface area contributed by atoms with Crippen molar-refractivity contribution in [1.29, 1.82) is 0 Å². The number of aromatic amines is 1. The second-order valence-corrected chi connectivity index (χ2v) is 6.39. The minimum Gasteiger partial charge on any atom is -0.361 e. The second-order valence-electron chi connectivity index (χ2n) is 6.39. The standard InChI is InChI=1S/C20H23N3O.ClH/c1-14-7-6-10-17-18(14)15(13-23-17)11-12-22-19(24)20(2,21)16-8-4-3-5-9-16;/h3-10,13,23H,11-12,21H2,1-2H3,(H,22,24);1H. The van der Waals surface area contributed by atoms with Crippen molar-refractivity contribution in [2.45, 2.75) is 25.8 Å². The molecule has 0 aliphatic carbocycles. The fraction of sp³-hybridized carbons (Fsp3) is 0.250. The Morgan fingerprint density at radius 1 is 1.16 bits per heavy atom. The number of aromatic nitrogens is 1. The number of nitrogens with two attached hydrogens (primary N) is 1. The Morgan fingerprint density at radius 2 is 1.88 bits per heavy atom. The van der Waals surface area contributed by atoms with E-state index in [9.17, 15) is 4.79 Å². The molecule has 0 saturated heterocycles. The van der Waals surface area contributed by atoms with Crippen molar-refractivity contribution in [3.05, 3.63) is 71.4 Å². The van der Waals surface area contributed by atoms with Crippen LogP contribution in [0.1, 0.15) is 23.6 Å². The topological polar surface area (TPSA) is 70.9 Å². The van der Waals surface area contributed by atoms with Crippen molar-refractivity contribution in [3.63, 3.8) is 0 Å². The first-order valence-corrected chi connectivity index (χ1v) is 8.18. The zero-order valence-corrected chi connectivity index (χ0v) is 15.3. The monoisotopic (exact) mass is 357 g/mol. The van der Waals surface area contributed by atoms with Gasteiger partial charge in [-0.25, -0.2) is 0 Å². The summed E-state index contributed by atoms with van der Waals surface area (Å²) in [5, 5.41) is 4.21. The molecule has 1 heterocycles. The molecule has 25 heavy (non-hydrogen) atoms. The van der Waals surface area contributed by atoms with Gasteiger partial charge < -0.3 is 16.0 Å². The van der Waals surface area contributed by atoms with Crippen molar-refractivity contribution in [2.75, 3.05) is 6.54 Å². The smallest absolute Gasteiger partial charge is 0.244 e. The summed E-state index contributed by atoms with van der Waals surface area (Å²) in [5.74, 6) is -0.162. The summed E-state index contributed by atoms with van der Waals surface area (Å²) in [6, 6.07) is 15.7. The first-order valence-electron chi connectivity index (χ1n) is 8.18. The average Bonchev–Trinajstić information content (AvgIpc) is 3.00. The van der Waals surface area contributed by atoms with Gasteiger partial charge in [0, 0.05) is 23.6 Å². The number of aryl methyl sites for hydroxylation is 1. The first kappa shape index (κ1) is 19.0. The molecular weight excluding hydrogens is 334 g/mol. The van der Waals surface area contributed by atoms with E-state index in [-0.39, 0.29) is 18.3 Å². The quantitative estimate of drug-likeness (QED) is 0.654. The van der Waals surface area contributed by atoms with Crippen molar-refractivity contribution in [2.24, 2.45) is 5.73 Å². The van der Waals surface area contributed by atoms with Crippen LogP contribution in [-0.2, 0) is 16.8 Å². The third-order valence-electron chi connectivity index (χ3n) is 4.52. The van der Waals surface area contributed by atoms with Crippen LogP contribution >= 0.6 is 12.4 Å². The molecule has 1 amide bonds.